The molecule has 1 aliphatic rings. The first kappa shape index (κ1) is 17.7. The van der Waals surface area contributed by atoms with Crippen molar-refractivity contribution in [3.63, 3.8) is 0 Å². The van der Waals surface area contributed by atoms with Gasteiger partial charge in [-0.2, -0.15) is 0 Å². The van der Waals surface area contributed by atoms with Gasteiger partial charge in [0.15, 0.2) is 0 Å². The summed E-state index contributed by atoms with van der Waals surface area (Å²) < 4.78 is 10.3. The number of hydrogen-bond donors (Lipinski definition) is 1. The van der Waals surface area contributed by atoms with Crippen LogP contribution in [0.2, 0.25) is 5.02 Å². The normalized spacial score (nSPS) is 14.2. The highest BCUT2D eigenvalue weighted by molar-refractivity contribution is 8.04. The van der Waals surface area contributed by atoms with Crippen LogP contribution in [-0.2, 0) is 14.3 Å². The summed E-state index contributed by atoms with van der Waals surface area (Å²) in [5, 5.41) is 3.06. The van der Waals surface area contributed by atoms with Crippen LogP contribution in [0.15, 0.2) is 28.9 Å². The number of amides is 1. The van der Waals surface area contributed by atoms with E-state index in [1.54, 1.807) is 12.1 Å². The van der Waals surface area contributed by atoms with Crippen LogP contribution in [0.1, 0.15) is 30.1 Å². The molecule has 0 bridgehead atoms. The summed E-state index contributed by atoms with van der Waals surface area (Å²) in [6.45, 7) is 2.65. The lowest BCUT2D eigenvalue weighted by Gasteiger charge is -2.20. The van der Waals surface area contributed by atoms with E-state index in [0.717, 1.165) is 24.4 Å². The third-order valence-electron chi connectivity index (χ3n) is 3.17. The van der Waals surface area contributed by atoms with Crippen LogP contribution in [0.25, 0.3) is 0 Å². The Balaban J connectivity index is 2.21. The van der Waals surface area contributed by atoms with E-state index in [0.29, 0.717) is 17.2 Å². The van der Waals surface area contributed by atoms with Gasteiger partial charge in [-0.05, 0) is 24.6 Å². The van der Waals surface area contributed by atoms with Gasteiger partial charge in [0.1, 0.15) is 10.7 Å². The van der Waals surface area contributed by atoms with Gasteiger partial charge in [-0.3, -0.25) is 4.79 Å². The summed E-state index contributed by atoms with van der Waals surface area (Å²) in [4.78, 5) is 24.7. The fourth-order valence-corrected chi connectivity index (χ4v) is 3.19. The second-order valence-electron chi connectivity index (χ2n) is 4.84. The Hall–Kier alpha value is -1.66. The van der Waals surface area contributed by atoms with Crippen LogP contribution in [0.5, 0.6) is 0 Å². The van der Waals surface area contributed by atoms with Crippen molar-refractivity contribution in [2.24, 2.45) is 0 Å². The monoisotopic (exact) mass is 355 g/mol. The van der Waals surface area contributed by atoms with E-state index in [2.05, 4.69) is 10.1 Å². The summed E-state index contributed by atoms with van der Waals surface area (Å²) >= 11 is 7.45. The van der Waals surface area contributed by atoms with E-state index in [-0.39, 0.29) is 16.5 Å². The maximum Gasteiger partial charge on any atom is 0.339 e. The van der Waals surface area contributed by atoms with Crippen LogP contribution in [-0.4, -0.2) is 31.3 Å². The van der Waals surface area contributed by atoms with E-state index in [4.69, 9.17) is 16.3 Å². The molecule has 0 fully saturated rings. The van der Waals surface area contributed by atoms with Gasteiger partial charge in [0.25, 0.3) is 5.91 Å². The maximum atomic E-state index is 12.5. The van der Waals surface area contributed by atoms with Crippen LogP contribution >= 0.6 is 23.4 Å². The van der Waals surface area contributed by atoms with Crippen molar-refractivity contribution in [2.45, 2.75) is 19.8 Å². The number of hydrogen-bond acceptors (Lipinski definition) is 5. The predicted molar refractivity (Wildman–Crippen MR) is 91.8 cm³/mol. The molecule has 1 amide bonds. The number of carbonyl (C=O) groups is 2. The van der Waals surface area contributed by atoms with E-state index >= 15 is 0 Å². The number of thioether (sulfide) groups is 1. The second kappa shape index (κ2) is 8.26. The molecule has 0 atom stereocenters. The first-order valence-electron chi connectivity index (χ1n) is 7.24. The van der Waals surface area contributed by atoms with E-state index < -0.39 is 5.97 Å². The molecule has 1 aromatic rings. The van der Waals surface area contributed by atoms with Crippen molar-refractivity contribution in [3.05, 3.63) is 39.4 Å². The molecule has 0 aromatic heterocycles. The molecule has 2 rings (SSSR count). The summed E-state index contributed by atoms with van der Waals surface area (Å²) in [5.74, 6) is 0.677. The van der Waals surface area contributed by atoms with E-state index in [1.165, 1.54) is 24.9 Å². The first-order chi connectivity index (χ1) is 11.1. The maximum absolute atomic E-state index is 12.5. The third kappa shape index (κ3) is 4.42. The molecule has 0 saturated carbocycles. The largest absolute Gasteiger partial charge is 0.496 e. The number of benzene rings is 1. The Kier molecular flexibility index (Phi) is 6.36. The first-order valence-corrected chi connectivity index (χ1v) is 8.61. The van der Waals surface area contributed by atoms with E-state index in [9.17, 15) is 9.59 Å². The quantitative estimate of drug-likeness (QED) is 0.813. The molecule has 7 heteroatoms. The third-order valence-corrected chi connectivity index (χ3v) is 4.57. The van der Waals surface area contributed by atoms with Crippen LogP contribution < -0.4 is 5.32 Å². The van der Waals surface area contributed by atoms with Gasteiger partial charge in [-0.25, -0.2) is 4.79 Å². The Morgan fingerprint density at radius 1 is 1.43 bits per heavy atom. The fourth-order valence-electron chi connectivity index (χ4n) is 2.12. The highest BCUT2D eigenvalue weighted by Gasteiger charge is 2.21. The molecule has 0 saturated heterocycles. The molecule has 0 spiro atoms. The average Bonchev–Trinajstić information content (AvgIpc) is 2.56. The zero-order valence-corrected chi connectivity index (χ0v) is 14.6. The molecule has 1 heterocycles. The molecule has 0 radical (unpaired) electrons. The summed E-state index contributed by atoms with van der Waals surface area (Å²) in [5.41, 5.74) is 0.691. The number of halogens is 1. The van der Waals surface area contributed by atoms with Crippen LogP contribution in [0, 0.1) is 0 Å². The van der Waals surface area contributed by atoms with Crippen LogP contribution in [0.3, 0.4) is 0 Å². The van der Waals surface area contributed by atoms with Gasteiger partial charge >= 0.3 is 5.97 Å². The minimum Gasteiger partial charge on any atom is -0.496 e. The number of esters is 1. The predicted octanol–water partition coefficient (Wildman–Crippen LogP) is 3.84. The molecule has 5 nitrogen and oxygen atoms in total. The number of rotatable bonds is 5. The topological polar surface area (TPSA) is 64.6 Å². The molecule has 1 N–H and O–H groups in total. The zero-order chi connectivity index (χ0) is 16.8. The number of carbonyl (C=O) groups excluding carboxylic acids is 2. The molecule has 0 unspecified atom stereocenters. The van der Waals surface area contributed by atoms with Crippen molar-refractivity contribution in [1.82, 2.24) is 0 Å². The fraction of sp³-hybridized carbons (Fsp3) is 0.375. The second-order valence-corrected chi connectivity index (χ2v) is 6.35. The van der Waals surface area contributed by atoms with Crippen molar-refractivity contribution < 1.29 is 19.1 Å². The lowest BCUT2D eigenvalue weighted by atomic mass is 10.2. The Morgan fingerprint density at radius 3 is 2.91 bits per heavy atom. The van der Waals surface area contributed by atoms with Crippen molar-refractivity contribution in [2.75, 3.05) is 24.8 Å². The smallest absolute Gasteiger partial charge is 0.339 e. The summed E-state index contributed by atoms with van der Waals surface area (Å²) in [6, 6.07) is 4.69. The number of methoxy groups -OCH3 is 1. The van der Waals surface area contributed by atoms with Crippen molar-refractivity contribution in [3.8, 4) is 0 Å². The highest BCUT2D eigenvalue weighted by atomic mass is 35.5. The average molecular weight is 356 g/mol. The molecule has 23 heavy (non-hydrogen) atoms. The molecule has 0 aliphatic carbocycles. The van der Waals surface area contributed by atoms with Crippen LogP contribution in [0.4, 0.5) is 5.69 Å². The lowest BCUT2D eigenvalue weighted by Crippen LogP contribution is -2.19. The zero-order valence-electron chi connectivity index (χ0n) is 13.0. The lowest BCUT2D eigenvalue weighted by molar-refractivity contribution is -0.112. The van der Waals surface area contributed by atoms with E-state index in [1.807, 2.05) is 6.92 Å². The highest BCUT2D eigenvalue weighted by Crippen LogP contribution is 2.30. The Labute approximate surface area is 144 Å². The minimum absolute atomic E-state index is 0.210. The minimum atomic E-state index is -0.549. The summed E-state index contributed by atoms with van der Waals surface area (Å²) in [6.07, 6.45) is 1.63. The van der Waals surface area contributed by atoms with Crippen molar-refractivity contribution >= 4 is 40.9 Å². The molecule has 1 aliphatic heterocycles. The summed E-state index contributed by atoms with van der Waals surface area (Å²) in [7, 11) is 1.28. The van der Waals surface area contributed by atoms with Gasteiger partial charge < -0.3 is 14.8 Å². The van der Waals surface area contributed by atoms with Gasteiger partial charge in [-0.15, -0.1) is 11.8 Å². The Morgan fingerprint density at radius 2 is 2.22 bits per heavy atom. The van der Waals surface area contributed by atoms with Crippen molar-refractivity contribution in [1.29, 1.82) is 0 Å². The SMILES string of the molecule is CCCC1=C(C(=O)Nc2ccc(Cl)c(C(=O)OC)c2)SCCO1. The Bertz CT molecular complexity index is 645. The van der Waals surface area contributed by atoms with Gasteiger partial charge in [0.2, 0.25) is 0 Å². The number of nitrogens with one attached hydrogen (secondary N) is 1. The van der Waals surface area contributed by atoms with Gasteiger partial charge in [0, 0.05) is 17.9 Å². The van der Waals surface area contributed by atoms with Gasteiger partial charge in [-0.1, -0.05) is 18.5 Å². The molecule has 124 valence electrons. The number of anilines is 1. The van der Waals surface area contributed by atoms with Gasteiger partial charge in [0.05, 0.1) is 24.3 Å². The molecule has 1 aromatic carbocycles. The molecular weight excluding hydrogens is 338 g/mol. The standard InChI is InChI=1S/C16H18ClNO4S/c1-3-4-13-14(23-8-7-22-13)15(19)18-10-5-6-12(17)11(9-10)16(20)21-2/h5-6,9H,3-4,7-8H2,1-2H3,(H,18,19). The number of ether oxygens (including phenoxy) is 2. The molecular formula is C16H18ClNO4S. The number of allylic oxidation sites excluding steroid dienone is 1.